The van der Waals surface area contributed by atoms with Gasteiger partial charge in [-0.2, -0.15) is 26.3 Å². The van der Waals surface area contributed by atoms with E-state index in [1.165, 1.54) is 0 Å². The summed E-state index contributed by atoms with van der Waals surface area (Å²) < 4.78 is 98.8. The molecule has 2 aliphatic heterocycles. The summed E-state index contributed by atoms with van der Waals surface area (Å²) in [6, 6.07) is 29.6. The number of phenols is 1. The number of hydrogen-bond donors (Lipinski definition) is 2. The van der Waals surface area contributed by atoms with Gasteiger partial charge in [0.2, 0.25) is 11.8 Å². The van der Waals surface area contributed by atoms with E-state index >= 15 is 0 Å². The average Bonchev–Trinajstić information content (AvgIpc) is 3.54. The number of halogens is 6. The van der Waals surface area contributed by atoms with Gasteiger partial charge in [-0.05, 0) is 143 Å². The van der Waals surface area contributed by atoms with Gasteiger partial charge in [0.1, 0.15) is 5.75 Å². The summed E-state index contributed by atoms with van der Waals surface area (Å²) >= 11 is 0. The summed E-state index contributed by atoms with van der Waals surface area (Å²) in [7, 11) is -4.72. The van der Waals surface area contributed by atoms with Crippen LogP contribution in [0.5, 0.6) is 5.75 Å². The highest BCUT2D eigenvalue weighted by atomic mass is 28.4. The first kappa shape index (κ1) is 48.6. The third-order valence-corrected chi connectivity index (χ3v) is 18.5. The van der Waals surface area contributed by atoms with E-state index in [0.29, 0.717) is 51.4 Å². The average molecular weight is 953 g/mol. The Kier molecular flexibility index (Phi) is 13.3. The SMILES string of the molecule is Cc1cc(/C=C(/CC[C@H]2OB(O)C[C@H]3C2=C(CO[Si](c2ccccc2)(c2ccccc2)C(C)(C)C)C[C@H]2C(=O)N(c4cc(C(F)(F)F)cc(C(F)(F)F)c4)C(=O)[C@H]23)c2ccccn2)cc(C)c1O. The molecule has 16 heteroatoms. The molecule has 354 valence electrons. The number of rotatable bonds is 11. The maximum Gasteiger partial charge on any atom is 0.455 e. The monoisotopic (exact) mass is 952 g/mol. The number of alkyl halides is 6. The number of benzene rings is 4. The minimum atomic E-state index is -5.23. The number of hydrogen-bond acceptors (Lipinski definition) is 7. The highest BCUT2D eigenvalue weighted by Gasteiger charge is 2.59. The van der Waals surface area contributed by atoms with E-state index in [0.717, 1.165) is 21.5 Å². The Balaban J connectivity index is 1.26. The third-order valence-electron chi connectivity index (χ3n) is 13.5. The number of fused-ring (bicyclic) bond motifs is 3. The molecule has 0 unspecified atom stereocenters. The Morgan fingerprint density at radius 2 is 1.40 bits per heavy atom. The van der Waals surface area contributed by atoms with Crippen molar-refractivity contribution in [1.82, 2.24) is 4.98 Å². The number of nitrogens with zero attached hydrogens (tertiary/aromatic N) is 2. The molecule has 1 aliphatic carbocycles. The number of anilines is 1. The van der Waals surface area contributed by atoms with Gasteiger partial charge in [0.15, 0.2) is 0 Å². The number of phenolic OH excluding ortho intramolecular Hbond substituents is 1. The number of aromatic hydroxyl groups is 1. The van der Waals surface area contributed by atoms with Crippen LogP contribution in [0.25, 0.3) is 11.6 Å². The fourth-order valence-electron chi connectivity index (χ4n) is 10.6. The molecule has 1 aromatic heterocycles. The number of aryl methyl sites for hydroxylation is 2. The van der Waals surface area contributed by atoms with Crippen LogP contribution in [0.2, 0.25) is 11.4 Å². The molecular formula is C52H51BF6N2O6Si. The Bertz CT molecular complexity index is 2670. The van der Waals surface area contributed by atoms with Crippen molar-refractivity contribution in [2.75, 3.05) is 11.5 Å². The summed E-state index contributed by atoms with van der Waals surface area (Å²) in [6.45, 7) is 9.84. The van der Waals surface area contributed by atoms with Crippen LogP contribution in [0, 0.1) is 31.6 Å². The molecule has 4 aromatic carbocycles. The number of amides is 2. The normalized spacial score (nSPS) is 20.5. The second-order valence-electron chi connectivity index (χ2n) is 19.0. The van der Waals surface area contributed by atoms with E-state index in [1.54, 1.807) is 26.1 Å². The number of carbonyl (C=O) groups excluding carboxylic acids is 2. The Labute approximate surface area is 392 Å². The van der Waals surface area contributed by atoms with Crippen LogP contribution in [0.15, 0.2) is 127 Å². The summed E-state index contributed by atoms with van der Waals surface area (Å²) in [5.74, 6) is -5.06. The largest absolute Gasteiger partial charge is 0.507 e. The van der Waals surface area contributed by atoms with Crippen molar-refractivity contribution >= 4 is 55.0 Å². The third kappa shape index (κ3) is 9.35. The molecule has 8 rings (SSSR count). The van der Waals surface area contributed by atoms with Gasteiger partial charge in [0.25, 0.3) is 8.32 Å². The van der Waals surface area contributed by atoms with Crippen LogP contribution in [0.1, 0.15) is 73.5 Å². The highest BCUT2D eigenvalue weighted by molar-refractivity contribution is 6.99. The molecule has 2 fully saturated rings. The first-order valence-electron chi connectivity index (χ1n) is 22.5. The fourth-order valence-corrected chi connectivity index (χ4v) is 15.1. The summed E-state index contributed by atoms with van der Waals surface area (Å²) in [6.07, 6.45) is -7.43. The van der Waals surface area contributed by atoms with E-state index in [4.69, 9.17) is 9.08 Å². The van der Waals surface area contributed by atoms with Crippen LogP contribution >= 0.6 is 0 Å². The molecule has 8 nitrogen and oxygen atoms in total. The molecular weight excluding hydrogens is 901 g/mol. The van der Waals surface area contributed by atoms with Gasteiger partial charge in [0, 0.05) is 6.20 Å². The smallest absolute Gasteiger partial charge is 0.455 e. The lowest BCUT2D eigenvalue weighted by Crippen LogP contribution is -2.66. The van der Waals surface area contributed by atoms with Gasteiger partial charge in [0.05, 0.1) is 47.1 Å². The lowest BCUT2D eigenvalue weighted by Gasteiger charge is -2.46. The first-order valence-corrected chi connectivity index (χ1v) is 24.4. The van der Waals surface area contributed by atoms with Crippen molar-refractivity contribution in [3.63, 3.8) is 0 Å². The number of imide groups is 1. The number of aromatic nitrogens is 1. The summed E-state index contributed by atoms with van der Waals surface area (Å²) in [5.41, 5.74) is 0.660. The number of carbonyl (C=O) groups is 2. The topological polar surface area (TPSA) is 109 Å². The zero-order valence-corrected chi connectivity index (χ0v) is 39.2. The molecule has 0 spiro atoms. The van der Waals surface area contributed by atoms with E-state index in [-0.39, 0.29) is 37.6 Å². The molecule has 0 saturated carbocycles. The second-order valence-corrected chi connectivity index (χ2v) is 23.3. The molecule has 3 heterocycles. The predicted octanol–water partition coefficient (Wildman–Crippen LogP) is 10.3. The number of pyridine rings is 1. The van der Waals surface area contributed by atoms with Gasteiger partial charge in [-0.15, -0.1) is 0 Å². The van der Waals surface area contributed by atoms with Crippen molar-refractivity contribution in [2.24, 2.45) is 17.8 Å². The molecule has 3 aliphatic rings. The van der Waals surface area contributed by atoms with Crippen LogP contribution in [-0.2, 0) is 31.0 Å². The van der Waals surface area contributed by atoms with Gasteiger partial charge < -0.3 is 19.2 Å². The van der Waals surface area contributed by atoms with Gasteiger partial charge in [-0.1, -0.05) is 87.5 Å². The maximum atomic E-state index is 14.7. The predicted molar refractivity (Wildman–Crippen MR) is 251 cm³/mol. The molecule has 4 atom stereocenters. The van der Waals surface area contributed by atoms with E-state index in [2.05, 4.69) is 25.8 Å². The van der Waals surface area contributed by atoms with Crippen molar-refractivity contribution in [3.8, 4) is 5.75 Å². The van der Waals surface area contributed by atoms with E-state index in [9.17, 15) is 46.1 Å². The molecule has 2 amide bonds. The van der Waals surface area contributed by atoms with Crippen molar-refractivity contribution < 1.29 is 55.1 Å². The fraction of sp³-hybridized carbons (Fsp3) is 0.327. The first-order chi connectivity index (χ1) is 32.1. The quantitative estimate of drug-likeness (QED) is 0.0587. The van der Waals surface area contributed by atoms with Crippen LogP contribution in [-0.4, -0.2) is 55.1 Å². The van der Waals surface area contributed by atoms with Crippen molar-refractivity contribution in [1.29, 1.82) is 0 Å². The standard InChI is InChI=1S/C52H51BF6N2O6Si/c1-31-22-33(23-32(2)47(31)62)24-34(43-18-12-13-21-60-43)19-20-44-45-35(30-66-68(50(3,4)5,39-14-8-6-9-15-39)40-16-10-7-11-17-40)25-41-46(42(45)29-53(65)67-44)49(64)61(48(41)63)38-27-36(51(54,55)56)26-37(28-38)52(57,58)59/h6-18,21-24,26-28,41-42,44,46,62,65H,19-20,25,29-30H2,1-5H3/b34-24-/t41-,42+,44-,46-/m1/s1. The lowest BCUT2D eigenvalue weighted by molar-refractivity contribution is -0.143. The Morgan fingerprint density at radius 1 is 0.824 bits per heavy atom. The minimum Gasteiger partial charge on any atom is -0.507 e. The maximum absolute atomic E-state index is 14.7. The zero-order valence-electron chi connectivity index (χ0n) is 38.2. The number of allylic oxidation sites excluding steroid dienone is 1. The Morgan fingerprint density at radius 3 is 1.93 bits per heavy atom. The van der Waals surface area contributed by atoms with Crippen LogP contribution in [0.4, 0.5) is 32.0 Å². The molecule has 5 aromatic rings. The molecule has 0 bridgehead atoms. The van der Waals surface area contributed by atoms with Gasteiger partial charge in [-0.25, -0.2) is 4.90 Å². The summed E-state index contributed by atoms with van der Waals surface area (Å²) in [4.78, 5) is 34.5. The van der Waals surface area contributed by atoms with Gasteiger partial charge >= 0.3 is 19.5 Å². The van der Waals surface area contributed by atoms with Crippen LogP contribution < -0.4 is 15.3 Å². The van der Waals surface area contributed by atoms with Gasteiger partial charge in [-0.3, -0.25) is 14.6 Å². The molecule has 0 radical (unpaired) electrons. The second kappa shape index (κ2) is 18.6. The Hall–Kier alpha value is -5.81. The lowest BCUT2D eigenvalue weighted by atomic mass is 9.58. The molecule has 2 N–H and O–H groups in total. The highest BCUT2D eigenvalue weighted by Crippen LogP contribution is 2.53. The minimum absolute atomic E-state index is 0.0431. The van der Waals surface area contributed by atoms with E-state index in [1.807, 2.05) is 91.0 Å². The molecule has 68 heavy (non-hydrogen) atoms. The zero-order chi connectivity index (χ0) is 48.9. The summed E-state index contributed by atoms with van der Waals surface area (Å²) in [5, 5.41) is 23.5. The van der Waals surface area contributed by atoms with Crippen molar-refractivity contribution in [3.05, 3.63) is 160 Å². The van der Waals surface area contributed by atoms with Crippen molar-refractivity contribution in [2.45, 2.75) is 83.7 Å². The van der Waals surface area contributed by atoms with Crippen LogP contribution in [0.3, 0.4) is 0 Å². The van der Waals surface area contributed by atoms with E-state index < -0.39 is 85.3 Å². The molecule has 2 saturated heterocycles.